The summed E-state index contributed by atoms with van der Waals surface area (Å²) in [6.07, 6.45) is 7.71. The number of likely N-dealkylation sites (tertiary alicyclic amines) is 1. The van der Waals surface area contributed by atoms with Crippen LogP contribution < -0.4 is 26.2 Å². The monoisotopic (exact) mass is 405 g/mol. The second-order valence-corrected chi connectivity index (χ2v) is 6.81. The first-order valence-corrected chi connectivity index (χ1v) is 9.53. The number of nitrogens with one attached hydrogen (secondary N) is 2. The smallest absolute Gasteiger partial charge is 0.253 e. The molecular weight excluding hydrogens is 378 g/mol. The second-order valence-electron chi connectivity index (χ2n) is 6.81. The Hall–Kier alpha value is -2.31. The molecule has 0 bridgehead atoms. The maximum Gasteiger partial charge on any atom is 0.253 e. The molecule has 7 heteroatoms. The van der Waals surface area contributed by atoms with Gasteiger partial charge in [-0.05, 0) is 49.7 Å². The van der Waals surface area contributed by atoms with Crippen molar-refractivity contribution in [2.24, 2.45) is 0 Å². The van der Waals surface area contributed by atoms with Crippen LogP contribution in [0.1, 0.15) is 24.8 Å². The number of piperidine rings is 1. The summed E-state index contributed by atoms with van der Waals surface area (Å²) in [7, 11) is 1.63. The molecule has 0 unspecified atom stereocenters. The fourth-order valence-electron chi connectivity index (χ4n) is 3.36. The van der Waals surface area contributed by atoms with E-state index < -0.39 is 10.9 Å². The zero-order valence-electron chi connectivity index (χ0n) is 16.2. The van der Waals surface area contributed by atoms with E-state index in [4.69, 9.17) is 4.74 Å². The van der Waals surface area contributed by atoms with Crippen LogP contribution >= 0.6 is 12.4 Å². The summed E-state index contributed by atoms with van der Waals surface area (Å²) in [5, 5.41) is 5.69. The number of halogens is 1. The molecule has 0 radical (unpaired) electrons. The van der Waals surface area contributed by atoms with Crippen molar-refractivity contribution in [3.8, 4) is 5.75 Å². The zero-order chi connectivity index (χ0) is 19.1. The van der Waals surface area contributed by atoms with Gasteiger partial charge in [-0.2, -0.15) is 0 Å². The van der Waals surface area contributed by atoms with E-state index >= 15 is 0 Å². The summed E-state index contributed by atoms with van der Waals surface area (Å²) in [5.74, 6) is 0.863. The van der Waals surface area contributed by atoms with Crippen molar-refractivity contribution in [1.82, 2.24) is 4.90 Å². The van der Waals surface area contributed by atoms with Crippen LogP contribution in [-0.4, -0.2) is 38.2 Å². The second kappa shape index (κ2) is 10.9. The van der Waals surface area contributed by atoms with Gasteiger partial charge in [0.25, 0.3) is 10.9 Å². The average molecular weight is 406 g/mol. The number of rotatable bonds is 9. The number of nitrogens with zero attached hydrogens (tertiary/aromatic N) is 1. The number of anilines is 2. The van der Waals surface area contributed by atoms with E-state index in [9.17, 15) is 9.59 Å². The molecule has 0 aromatic heterocycles. The van der Waals surface area contributed by atoms with Gasteiger partial charge < -0.3 is 15.4 Å². The largest absolute Gasteiger partial charge is 0.490 e. The summed E-state index contributed by atoms with van der Waals surface area (Å²) in [5.41, 5.74) is 1.07. The van der Waals surface area contributed by atoms with E-state index in [1.807, 2.05) is 24.3 Å². The maximum atomic E-state index is 11.4. The predicted octanol–water partition coefficient (Wildman–Crippen LogP) is 2.78. The van der Waals surface area contributed by atoms with E-state index in [1.54, 1.807) is 7.05 Å². The first-order chi connectivity index (χ1) is 13.2. The van der Waals surface area contributed by atoms with Crippen LogP contribution in [0.25, 0.3) is 0 Å². The van der Waals surface area contributed by atoms with Gasteiger partial charge in [0.15, 0.2) is 0 Å². The molecular formula is C21H28ClN3O3. The molecule has 1 saturated heterocycles. The van der Waals surface area contributed by atoms with Crippen LogP contribution in [0.5, 0.6) is 5.75 Å². The standard InChI is InChI=1S/C21H27N3O3.ClH/c1-22-18-19(21(26)20(18)25)23-10-3-6-13-27-17-9-7-8-16(14-17)15-24-11-4-2-5-12-24;/h3,6-9,14,22-23H,2,4-5,10-13,15H2,1H3;1H. The van der Waals surface area contributed by atoms with Crippen molar-refractivity contribution < 1.29 is 4.74 Å². The lowest BCUT2D eigenvalue weighted by Gasteiger charge is -2.26. The lowest BCUT2D eigenvalue weighted by molar-refractivity contribution is 0.220. The third-order valence-electron chi connectivity index (χ3n) is 4.82. The minimum atomic E-state index is -0.463. The first kappa shape index (κ1) is 22.0. The van der Waals surface area contributed by atoms with E-state index in [0.29, 0.717) is 24.5 Å². The van der Waals surface area contributed by atoms with Gasteiger partial charge in [-0.25, -0.2) is 0 Å². The van der Waals surface area contributed by atoms with Gasteiger partial charge >= 0.3 is 0 Å². The topological polar surface area (TPSA) is 70.7 Å². The molecule has 1 heterocycles. The molecule has 2 aromatic carbocycles. The van der Waals surface area contributed by atoms with Crippen LogP contribution in [0.4, 0.5) is 11.4 Å². The van der Waals surface area contributed by atoms with Crippen LogP contribution in [-0.2, 0) is 6.54 Å². The van der Waals surface area contributed by atoms with E-state index in [0.717, 1.165) is 12.3 Å². The molecule has 1 fully saturated rings. The zero-order valence-corrected chi connectivity index (χ0v) is 17.0. The molecule has 28 heavy (non-hydrogen) atoms. The van der Waals surface area contributed by atoms with Crippen LogP contribution in [0.2, 0.25) is 0 Å². The lowest BCUT2D eigenvalue weighted by atomic mass is 10.1. The Labute approximate surface area is 171 Å². The Morgan fingerprint density at radius 2 is 1.82 bits per heavy atom. The molecule has 0 atom stereocenters. The summed E-state index contributed by atoms with van der Waals surface area (Å²) in [6, 6.07) is 8.24. The maximum absolute atomic E-state index is 11.4. The first-order valence-electron chi connectivity index (χ1n) is 9.53. The molecule has 3 rings (SSSR count). The Kier molecular flexibility index (Phi) is 8.54. The van der Waals surface area contributed by atoms with Gasteiger partial charge in [-0.1, -0.05) is 24.6 Å². The van der Waals surface area contributed by atoms with Crippen LogP contribution in [0, 0.1) is 0 Å². The Balaban J connectivity index is 0.00000280. The molecule has 0 amide bonds. The molecule has 0 aliphatic carbocycles. The van der Waals surface area contributed by atoms with Crippen molar-refractivity contribution in [1.29, 1.82) is 0 Å². The van der Waals surface area contributed by atoms with Gasteiger partial charge in [0.1, 0.15) is 23.7 Å². The van der Waals surface area contributed by atoms with Crippen LogP contribution in [0.15, 0.2) is 46.0 Å². The van der Waals surface area contributed by atoms with Crippen molar-refractivity contribution >= 4 is 23.8 Å². The number of hydrogen-bond donors (Lipinski definition) is 2. The van der Waals surface area contributed by atoms with Gasteiger partial charge in [0.2, 0.25) is 0 Å². The van der Waals surface area contributed by atoms with Crippen molar-refractivity contribution in [2.75, 3.05) is 43.9 Å². The molecule has 0 spiro atoms. The summed E-state index contributed by atoms with van der Waals surface area (Å²) < 4.78 is 5.79. The van der Waals surface area contributed by atoms with E-state index in [-0.39, 0.29) is 12.4 Å². The third-order valence-corrected chi connectivity index (χ3v) is 4.82. The Bertz CT molecular complexity index is 853. The molecule has 2 N–H and O–H groups in total. The Morgan fingerprint density at radius 3 is 2.57 bits per heavy atom. The molecule has 1 aliphatic heterocycles. The van der Waals surface area contributed by atoms with Gasteiger partial charge in [-0.15, -0.1) is 12.4 Å². The quantitative estimate of drug-likeness (QED) is 0.494. The molecule has 0 saturated carbocycles. The normalized spacial score (nSPS) is 14.8. The molecule has 152 valence electrons. The Morgan fingerprint density at radius 1 is 1.07 bits per heavy atom. The minimum Gasteiger partial charge on any atom is -0.490 e. The highest BCUT2D eigenvalue weighted by atomic mass is 35.5. The van der Waals surface area contributed by atoms with Gasteiger partial charge in [-0.3, -0.25) is 14.5 Å². The van der Waals surface area contributed by atoms with Crippen LogP contribution in [0.3, 0.4) is 0 Å². The van der Waals surface area contributed by atoms with E-state index in [2.05, 4.69) is 27.7 Å². The predicted molar refractivity (Wildman–Crippen MR) is 117 cm³/mol. The average Bonchev–Trinajstić information content (AvgIpc) is 2.70. The van der Waals surface area contributed by atoms with Crippen molar-refractivity contribution in [2.45, 2.75) is 25.8 Å². The third kappa shape index (κ3) is 5.59. The minimum absolute atomic E-state index is 0. The summed E-state index contributed by atoms with van der Waals surface area (Å²) in [6.45, 7) is 4.27. The molecule has 1 aliphatic rings. The number of hydrogen-bond acceptors (Lipinski definition) is 6. The molecule has 6 nitrogen and oxygen atoms in total. The number of benzene rings is 1. The highest BCUT2D eigenvalue weighted by Crippen LogP contribution is 2.17. The lowest BCUT2D eigenvalue weighted by Crippen LogP contribution is -2.36. The highest BCUT2D eigenvalue weighted by molar-refractivity contribution is 5.85. The van der Waals surface area contributed by atoms with Gasteiger partial charge in [0.05, 0.1) is 0 Å². The molecule has 2 aromatic rings. The fraction of sp³-hybridized carbons (Fsp3) is 0.429. The van der Waals surface area contributed by atoms with Gasteiger partial charge in [0, 0.05) is 20.1 Å². The fourth-order valence-corrected chi connectivity index (χ4v) is 3.36. The van der Waals surface area contributed by atoms with E-state index in [1.165, 1.54) is 37.9 Å². The van der Waals surface area contributed by atoms with Crippen molar-refractivity contribution in [3.63, 3.8) is 0 Å². The summed E-state index contributed by atoms with van der Waals surface area (Å²) >= 11 is 0. The highest BCUT2D eigenvalue weighted by Gasteiger charge is 2.18. The SMILES string of the molecule is CNc1c(NCC=CCOc2cccc(CN3CCCCC3)c2)c(=O)c1=O.Cl. The van der Waals surface area contributed by atoms with Crippen molar-refractivity contribution in [3.05, 3.63) is 62.4 Å². The summed E-state index contributed by atoms with van der Waals surface area (Å²) in [4.78, 5) is 25.2. The number of ether oxygens (including phenoxy) is 1.